The van der Waals surface area contributed by atoms with Gasteiger partial charge < -0.3 is 15.7 Å². The maximum atomic E-state index is 11.8. The fourth-order valence-corrected chi connectivity index (χ4v) is 2.05. The molecule has 17 heavy (non-hydrogen) atoms. The lowest BCUT2D eigenvalue weighted by atomic mass is 10.00. The van der Waals surface area contributed by atoms with Gasteiger partial charge >= 0.3 is 0 Å². The second kappa shape index (κ2) is 5.68. The van der Waals surface area contributed by atoms with E-state index in [0.717, 1.165) is 13.1 Å². The Kier molecular flexibility index (Phi) is 3.98. The van der Waals surface area contributed by atoms with Gasteiger partial charge in [0, 0.05) is 12.1 Å². The van der Waals surface area contributed by atoms with Crippen LogP contribution in [0.3, 0.4) is 0 Å². The second-order valence-electron chi connectivity index (χ2n) is 4.47. The van der Waals surface area contributed by atoms with Gasteiger partial charge in [-0.2, -0.15) is 0 Å². The SMILES string of the molecule is O=C(NCC1CCCNC1)c1ccc(O)cc1. The Balaban J connectivity index is 1.82. The molecule has 0 saturated carbocycles. The quantitative estimate of drug-likeness (QED) is 0.734. The first-order valence-electron chi connectivity index (χ1n) is 6.03. The highest BCUT2D eigenvalue weighted by Crippen LogP contribution is 2.11. The minimum atomic E-state index is -0.0735. The summed E-state index contributed by atoms with van der Waals surface area (Å²) in [5.74, 6) is 0.637. The van der Waals surface area contributed by atoms with Crippen LogP contribution in [-0.2, 0) is 0 Å². The van der Waals surface area contributed by atoms with Crippen LogP contribution in [0.2, 0.25) is 0 Å². The van der Waals surface area contributed by atoms with Gasteiger partial charge in [-0.3, -0.25) is 4.79 Å². The third-order valence-corrected chi connectivity index (χ3v) is 3.08. The highest BCUT2D eigenvalue weighted by atomic mass is 16.3. The lowest BCUT2D eigenvalue weighted by Crippen LogP contribution is -2.38. The lowest BCUT2D eigenvalue weighted by Gasteiger charge is -2.22. The first kappa shape index (κ1) is 11.9. The van der Waals surface area contributed by atoms with Crippen molar-refractivity contribution in [2.45, 2.75) is 12.8 Å². The van der Waals surface area contributed by atoms with Crippen LogP contribution in [0.15, 0.2) is 24.3 Å². The summed E-state index contributed by atoms with van der Waals surface area (Å²) in [6.45, 7) is 2.78. The number of carbonyl (C=O) groups excluding carboxylic acids is 1. The van der Waals surface area contributed by atoms with E-state index in [0.29, 0.717) is 18.0 Å². The van der Waals surface area contributed by atoms with Crippen LogP contribution >= 0.6 is 0 Å². The fourth-order valence-electron chi connectivity index (χ4n) is 2.05. The molecule has 1 aliphatic heterocycles. The maximum absolute atomic E-state index is 11.8. The van der Waals surface area contributed by atoms with Crippen LogP contribution in [0.5, 0.6) is 5.75 Å². The van der Waals surface area contributed by atoms with Crippen LogP contribution in [0.4, 0.5) is 0 Å². The molecular weight excluding hydrogens is 216 g/mol. The minimum Gasteiger partial charge on any atom is -0.508 e. The van der Waals surface area contributed by atoms with Crippen LogP contribution < -0.4 is 10.6 Å². The third-order valence-electron chi connectivity index (χ3n) is 3.08. The van der Waals surface area contributed by atoms with Crippen molar-refractivity contribution in [3.8, 4) is 5.75 Å². The van der Waals surface area contributed by atoms with Crippen molar-refractivity contribution in [2.24, 2.45) is 5.92 Å². The molecule has 0 radical (unpaired) electrons. The number of carbonyl (C=O) groups is 1. The molecular formula is C13H18N2O2. The van der Waals surface area contributed by atoms with Crippen molar-refractivity contribution in [1.82, 2.24) is 10.6 Å². The van der Waals surface area contributed by atoms with Crippen LogP contribution in [0.1, 0.15) is 23.2 Å². The summed E-state index contributed by atoms with van der Waals surface area (Å²) >= 11 is 0. The molecule has 2 rings (SSSR count). The standard InChI is InChI=1S/C13H18N2O2/c16-12-5-3-11(4-6-12)13(17)15-9-10-2-1-7-14-8-10/h3-6,10,14,16H,1-2,7-9H2,(H,15,17). The molecule has 1 saturated heterocycles. The minimum absolute atomic E-state index is 0.0735. The van der Waals surface area contributed by atoms with Crippen LogP contribution in [0.25, 0.3) is 0 Å². The maximum Gasteiger partial charge on any atom is 0.251 e. The van der Waals surface area contributed by atoms with Gasteiger partial charge in [-0.15, -0.1) is 0 Å². The highest BCUT2D eigenvalue weighted by molar-refractivity contribution is 5.94. The lowest BCUT2D eigenvalue weighted by molar-refractivity contribution is 0.0945. The van der Waals surface area contributed by atoms with Crippen molar-refractivity contribution in [3.05, 3.63) is 29.8 Å². The molecule has 4 nitrogen and oxygen atoms in total. The summed E-state index contributed by atoms with van der Waals surface area (Å²) in [6, 6.07) is 6.31. The predicted molar refractivity (Wildman–Crippen MR) is 66.0 cm³/mol. The van der Waals surface area contributed by atoms with Crippen molar-refractivity contribution in [3.63, 3.8) is 0 Å². The van der Waals surface area contributed by atoms with E-state index in [1.807, 2.05) is 0 Å². The molecule has 1 fully saturated rings. The zero-order valence-electron chi connectivity index (χ0n) is 9.78. The molecule has 0 aromatic heterocycles. The average Bonchev–Trinajstić information content (AvgIpc) is 2.38. The van der Waals surface area contributed by atoms with Crippen LogP contribution in [-0.4, -0.2) is 30.6 Å². The van der Waals surface area contributed by atoms with Gasteiger partial charge in [0.1, 0.15) is 5.75 Å². The first-order valence-corrected chi connectivity index (χ1v) is 6.03. The van der Waals surface area contributed by atoms with Gasteiger partial charge in [0.15, 0.2) is 0 Å². The third kappa shape index (κ3) is 3.46. The number of amides is 1. The Bertz CT molecular complexity index is 370. The van der Waals surface area contributed by atoms with Crippen molar-refractivity contribution in [1.29, 1.82) is 0 Å². The molecule has 4 heteroatoms. The Hall–Kier alpha value is -1.55. The molecule has 92 valence electrons. The molecule has 0 aliphatic carbocycles. The Morgan fingerprint density at radius 3 is 2.82 bits per heavy atom. The van der Waals surface area contributed by atoms with Gasteiger partial charge in [-0.1, -0.05) is 0 Å². The molecule has 1 aliphatic rings. The predicted octanol–water partition coefficient (Wildman–Crippen LogP) is 1.12. The monoisotopic (exact) mass is 234 g/mol. The summed E-state index contributed by atoms with van der Waals surface area (Å²) in [5, 5.41) is 15.4. The molecule has 0 spiro atoms. The Morgan fingerprint density at radius 2 is 2.18 bits per heavy atom. The van der Waals surface area contributed by atoms with Crippen molar-refractivity contribution >= 4 is 5.91 Å². The summed E-state index contributed by atoms with van der Waals surface area (Å²) in [5.41, 5.74) is 0.589. The average molecular weight is 234 g/mol. The van der Waals surface area contributed by atoms with E-state index in [1.54, 1.807) is 12.1 Å². The smallest absolute Gasteiger partial charge is 0.251 e. The number of phenols is 1. The number of phenolic OH excluding ortho intramolecular Hbond substituents is 1. The largest absolute Gasteiger partial charge is 0.508 e. The van der Waals surface area contributed by atoms with Crippen molar-refractivity contribution < 1.29 is 9.90 Å². The van der Waals surface area contributed by atoms with Gasteiger partial charge in [-0.25, -0.2) is 0 Å². The van der Waals surface area contributed by atoms with Gasteiger partial charge in [0.05, 0.1) is 0 Å². The number of nitrogens with one attached hydrogen (secondary N) is 2. The topological polar surface area (TPSA) is 61.4 Å². The van der Waals surface area contributed by atoms with E-state index in [1.165, 1.54) is 25.0 Å². The van der Waals surface area contributed by atoms with Gasteiger partial charge in [0.2, 0.25) is 0 Å². The highest BCUT2D eigenvalue weighted by Gasteiger charge is 2.14. The van der Waals surface area contributed by atoms with E-state index >= 15 is 0 Å². The molecule has 1 aromatic carbocycles. The van der Waals surface area contributed by atoms with Gasteiger partial charge in [0.25, 0.3) is 5.91 Å². The number of hydrogen-bond donors (Lipinski definition) is 3. The molecule has 1 amide bonds. The van der Waals surface area contributed by atoms with Crippen molar-refractivity contribution in [2.75, 3.05) is 19.6 Å². The Labute approximate surface area is 101 Å². The molecule has 1 unspecified atom stereocenters. The number of hydrogen-bond acceptors (Lipinski definition) is 3. The normalized spacial score (nSPS) is 19.9. The summed E-state index contributed by atoms with van der Waals surface area (Å²) < 4.78 is 0. The second-order valence-corrected chi connectivity index (χ2v) is 4.47. The number of aromatic hydroxyl groups is 1. The zero-order valence-corrected chi connectivity index (χ0v) is 9.78. The molecule has 1 atom stereocenters. The first-order chi connectivity index (χ1) is 8.25. The van der Waals surface area contributed by atoms with Crippen LogP contribution in [0, 0.1) is 5.92 Å². The van der Waals surface area contributed by atoms with Gasteiger partial charge in [-0.05, 0) is 56.1 Å². The Morgan fingerprint density at radius 1 is 1.41 bits per heavy atom. The molecule has 1 heterocycles. The van der Waals surface area contributed by atoms with E-state index < -0.39 is 0 Å². The molecule has 0 bridgehead atoms. The number of rotatable bonds is 3. The summed E-state index contributed by atoms with van der Waals surface area (Å²) in [7, 11) is 0. The molecule has 3 N–H and O–H groups in total. The fraction of sp³-hybridized carbons (Fsp3) is 0.462. The zero-order chi connectivity index (χ0) is 12.1. The van der Waals surface area contributed by atoms with E-state index in [4.69, 9.17) is 5.11 Å². The van der Waals surface area contributed by atoms with E-state index in [-0.39, 0.29) is 11.7 Å². The summed E-state index contributed by atoms with van der Waals surface area (Å²) in [6.07, 6.45) is 2.35. The number of benzene rings is 1. The van der Waals surface area contributed by atoms with E-state index in [9.17, 15) is 4.79 Å². The summed E-state index contributed by atoms with van der Waals surface area (Å²) in [4.78, 5) is 11.8. The van der Waals surface area contributed by atoms with E-state index in [2.05, 4.69) is 10.6 Å². The molecule has 1 aromatic rings. The number of piperidine rings is 1.